The van der Waals surface area contributed by atoms with Gasteiger partial charge in [0.05, 0.1) is 0 Å². The van der Waals surface area contributed by atoms with Gasteiger partial charge in [0.2, 0.25) is 11.8 Å². The lowest BCUT2D eigenvalue weighted by Crippen LogP contribution is -2.49. The summed E-state index contributed by atoms with van der Waals surface area (Å²) in [7, 11) is 1.53. The molecular formula is C25H38N4O3. The predicted octanol–water partition coefficient (Wildman–Crippen LogP) is 2.74. The largest absolute Gasteiger partial charge is 0.375 e. The summed E-state index contributed by atoms with van der Waals surface area (Å²) in [5.41, 5.74) is 1.27. The average Bonchev–Trinajstić information content (AvgIpc) is 2.79. The van der Waals surface area contributed by atoms with Crippen molar-refractivity contribution < 1.29 is 14.3 Å². The van der Waals surface area contributed by atoms with E-state index in [0.717, 1.165) is 38.4 Å². The van der Waals surface area contributed by atoms with Gasteiger partial charge in [-0.25, -0.2) is 4.98 Å². The molecule has 0 spiro atoms. The van der Waals surface area contributed by atoms with Crippen molar-refractivity contribution in [1.82, 2.24) is 15.2 Å². The molecule has 0 aromatic carbocycles. The Hall–Kier alpha value is -2.41. The molecule has 2 amide bonds. The number of pyridine rings is 1. The highest BCUT2D eigenvalue weighted by molar-refractivity contribution is 5.77. The van der Waals surface area contributed by atoms with Gasteiger partial charge in [-0.05, 0) is 49.1 Å². The summed E-state index contributed by atoms with van der Waals surface area (Å²) < 4.78 is 4.91. The van der Waals surface area contributed by atoms with Gasteiger partial charge in [0, 0.05) is 52.5 Å². The van der Waals surface area contributed by atoms with E-state index in [1.54, 1.807) is 0 Å². The van der Waals surface area contributed by atoms with Crippen LogP contribution in [0, 0.1) is 23.7 Å². The summed E-state index contributed by atoms with van der Waals surface area (Å²) in [6, 6.07) is 5.94. The van der Waals surface area contributed by atoms with E-state index in [-0.39, 0.29) is 24.3 Å². The molecule has 7 nitrogen and oxygen atoms in total. The number of carbonyl (C=O) groups is 2. The second kappa shape index (κ2) is 11.5. The Morgan fingerprint density at radius 2 is 1.97 bits per heavy atom. The number of allylic oxidation sites excluding steroid dienone is 1. The molecule has 1 N–H and O–H groups in total. The monoisotopic (exact) mass is 442 g/mol. The van der Waals surface area contributed by atoms with Gasteiger partial charge in [-0.2, -0.15) is 0 Å². The summed E-state index contributed by atoms with van der Waals surface area (Å²) in [5.74, 6) is 2.65. The molecule has 3 atom stereocenters. The van der Waals surface area contributed by atoms with Crippen LogP contribution in [0.15, 0.2) is 36.0 Å². The van der Waals surface area contributed by atoms with Crippen molar-refractivity contribution in [3.63, 3.8) is 0 Å². The Kier molecular flexibility index (Phi) is 8.67. The van der Waals surface area contributed by atoms with Crippen molar-refractivity contribution in [1.29, 1.82) is 0 Å². The van der Waals surface area contributed by atoms with Crippen molar-refractivity contribution in [2.45, 2.75) is 33.6 Å². The SMILES string of the molecule is COCC(=O)NC[C@@H]1C=C(C)[C@H](CC(=O)N2CCN(c3ccccn3)CC2)C[C@H]1C(C)C. The van der Waals surface area contributed by atoms with Gasteiger partial charge in [0.1, 0.15) is 12.4 Å². The molecule has 176 valence electrons. The second-order valence-electron chi connectivity index (χ2n) is 9.41. The number of methoxy groups -OCH3 is 1. The van der Waals surface area contributed by atoms with Gasteiger partial charge in [0.25, 0.3) is 0 Å². The lowest BCUT2D eigenvalue weighted by atomic mass is 9.69. The van der Waals surface area contributed by atoms with Crippen LogP contribution in [0.3, 0.4) is 0 Å². The van der Waals surface area contributed by atoms with Crippen molar-refractivity contribution in [3.05, 3.63) is 36.0 Å². The molecule has 1 aromatic rings. The first-order chi connectivity index (χ1) is 15.4. The number of anilines is 1. The molecule has 1 aliphatic heterocycles. The predicted molar refractivity (Wildman–Crippen MR) is 126 cm³/mol. The molecule has 2 heterocycles. The Morgan fingerprint density at radius 3 is 2.59 bits per heavy atom. The van der Waals surface area contributed by atoms with Gasteiger partial charge in [0.15, 0.2) is 0 Å². The molecule has 1 aliphatic carbocycles. The van der Waals surface area contributed by atoms with E-state index in [1.807, 2.05) is 29.3 Å². The lowest BCUT2D eigenvalue weighted by molar-refractivity contribution is -0.132. The molecule has 0 saturated carbocycles. The van der Waals surface area contributed by atoms with Crippen molar-refractivity contribution in [2.24, 2.45) is 23.7 Å². The van der Waals surface area contributed by atoms with Gasteiger partial charge in [-0.3, -0.25) is 9.59 Å². The number of hydrogen-bond acceptors (Lipinski definition) is 5. The van der Waals surface area contributed by atoms with Crippen molar-refractivity contribution >= 4 is 17.6 Å². The molecule has 1 fully saturated rings. The number of nitrogens with one attached hydrogen (secondary N) is 1. The minimum atomic E-state index is -0.0804. The minimum Gasteiger partial charge on any atom is -0.375 e. The molecule has 0 unspecified atom stereocenters. The maximum absolute atomic E-state index is 13.1. The van der Waals surface area contributed by atoms with Crippen LogP contribution in [0.2, 0.25) is 0 Å². The van der Waals surface area contributed by atoms with Crippen LogP contribution < -0.4 is 10.2 Å². The zero-order valence-corrected chi connectivity index (χ0v) is 19.9. The summed E-state index contributed by atoms with van der Waals surface area (Å²) >= 11 is 0. The molecule has 1 saturated heterocycles. The van der Waals surface area contributed by atoms with E-state index < -0.39 is 0 Å². The normalized spacial score (nSPS) is 23.8. The quantitative estimate of drug-likeness (QED) is 0.627. The van der Waals surface area contributed by atoms with E-state index in [0.29, 0.717) is 30.7 Å². The molecule has 32 heavy (non-hydrogen) atoms. The van der Waals surface area contributed by atoms with Crippen molar-refractivity contribution in [2.75, 3.05) is 51.3 Å². The van der Waals surface area contributed by atoms with Crippen LogP contribution in [0.1, 0.15) is 33.6 Å². The van der Waals surface area contributed by atoms with Gasteiger partial charge >= 0.3 is 0 Å². The number of piperazine rings is 1. The van der Waals surface area contributed by atoms with Crippen LogP contribution >= 0.6 is 0 Å². The zero-order chi connectivity index (χ0) is 23.1. The van der Waals surface area contributed by atoms with E-state index in [9.17, 15) is 9.59 Å². The number of amides is 2. The van der Waals surface area contributed by atoms with Crippen LogP contribution in [0.5, 0.6) is 0 Å². The maximum atomic E-state index is 13.1. The number of aromatic nitrogens is 1. The third-order valence-electron chi connectivity index (χ3n) is 6.92. The number of hydrogen-bond donors (Lipinski definition) is 1. The minimum absolute atomic E-state index is 0.0804. The van der Waals surface area contributed by atoms with E-state index >= 15 is 0 Å². The number of carbonyl (C=O) groups excluding carboxylic acids is 2. The number of ether oxygens (including phenoxy) is 1. The third-order valence-corrected chi connectivity index (χ3v) is 6.92. The van der Waals surface area contributed by atoms with Crippen molar-refractivity contribution in [3.8, 4) is 0 Å². The van der Waals surface area contributed by atoms with Crippen LogP contribution in [-0.4, -0.2) is 68.1 Å². The Morgan fingerprint density at radius 1 is 1.22 bits per heavy atom. The van der Waals surface area contributed by atoms with Crippen LogP contribution in [0.25, 0.3) is 0 Å². The zero-order valence-electron chi connectivity index (χ0n) is 19.9. The summed E-state index contributed by atoms with van der Waals surface area (Å²) in [6.07, 6.45) is 5.66. The highest BCUT2D eigenvalue weighted by atomic mass is 16.5. The summed E-state index contributed by atoms with van der Waals surface area (Å²) in [6.45, 7) is 10.4. The number of rotatable bonds is 8. The summed E-state index contributed by atoms with van der Waals surface area (Å²) in [5, 5.41) is 2.99. The molecule has 0 bridgehead atoms. The lowest BCUT2D eigenvalue weighted by Gasteiger charge is -2.39. The topological polar surface area (TPSA) is 74.8 Å². The summed E-state index contributed by atoms with van der Waals surface area (Å²) in [4.78, 5) is 33.6. The van der Waals surface area contributed by atoms with E-state index in [1.165, 1.54) is 12.7 Å². The van der Waals surface area contributed by atoms with E-state index in [2.05, 4.69) is 42.0 Å². The standard InChI is InChI=1S/C25H38N4O3/c1-18(2)22-14-20(19(3)13-21(22)16-27-24(30)17-32-4)15-25(31)29-11-9-28(10-12-29)23-7-5-6-8-26-23/h5-8,13,18,20-22H,9-12,14-17H2,1-4H3,(H,27,30)/t20-,21-,22-/m0/s1. The fraction of sp³-hybridized carbons (Fsp3) is 0.640. The fourth-order valence-electron chi connectivity index (χ4n) is 4.99. The highest BCUT2D eigenvalue weighted by Crippen LogP contribution is 2.39. The second-order valence-corrected chi connectivity index (χ2v) is 9.41. The first kappa shape index (κ1) is 24.2. The Bertz CT molecular complexity index is 788. The van der Waals surface area contributed by atoms with Crippen LogP contribution in [0.4, 0.5) is 5.82 Å². The molecule has 7 heteroatoms. The van der Waals surface area contributed by atoms with Gasteiger partial charge < -0.3 is 19.9 Å². The smallest absolute Gasteiger partial charge is 0.246 e. The average molecular weight is 443 g/mol. The third kappa shape index (κ3) is 6.31. The van der Waals surface area contributed by atoms with Crippen LogP contribution in [-0.2, 0) is 14.3 Å². The maximum Gasteiger partial charge on any atom is 0.246 e. The van der Waals surface area contributed by atoms with E-state index in [4.69, 9.17) is 4.74 Å². The molecule has 3 rings (SSSR count). The Labute approximate surface area is 192 Å². The van der Waals surface area contributed by atoms with Gasteiger partial charge in [-0.15, -0.1) is 0 Å². The Balaban J connectivity index is 1.55. The molecule has 0 radical (unpaired) electrons. The van der Waals surface area contributed by atoms with Gasteiger partial charge in [-0.1, -0.05) is 31.6 Å². The first-order valence-corrected chi connectivity index (χ1v) is 11.8. The highest BCUT2D eigenvalue weighted by Gasteiger charge is 2.34. The first-order valence-electron chi connectivity index (χ1n) is 11.8. The molecule has 1 aromatic heterocycles. The fourth-order valence-corrected chi connectivity index (χ4v) is 4.99. The molecular weight excluding hydrogens is 404 g/mol. The number of nitrogens with zero attached hydrogens (tertiary/aromatic N) is 3. The molecule has 2 aliphatic rings.